The number of nitrogens with zero attached hydrogens (tertiary/aromatic N) is 5. The summed E-state index contributed by atoms with van der Waals surface area (Å²) in [5.41, 5.74) is 1.82. The predicted octanol–water partition coefficient (Wildman–Crippen LogP) is 2.46. The van der Waals surface area contributed by atoms with Crippen LogP contribution in [0.1, 0.15) is 35.9 Å². The fourth-order valence-corrected chi connectivity index (χ4v) is 3.60. The summed E-state index contributed by atoms with van der Waals surface area (Å²) >= 11 is 0. The smallest absolute Gasteiger partial charge is 0.338 e. The highest BCUT2D eigenvalue weighted by Crippen LogP contribution is 2.23. The number of amides is 1. The highest BCUT2D eigenvalue weighted by atomic mass is 16.5. The van der Waals surface area contributed by atoms with Crippen molar-refractivity contribution in [1.29, 1.82) is 0 Å². The number of nitrogens with one attached hydrogen (secondary N) is 1. The molecular formula is C21H24N6O3. The van der Waals surface area contributed by atoms with Gasteiger partial charge in [-0.15, -0.1) is 15.3 Å². The van der Waals surface area contributed by atoms with Gasteiger partial charge in [-0.1, -0.05) is 0 Å². The van der Waals surface area contributed by atoms with Crippen LogP contribution in [0, 0.1) is 12.8 Å². The summed E-state index contributed by atoms with van der Waals surface area (Å²) in [6, 6.07) is 10.5. The Morgan fingerprint density at radius 1 is 1.17 bits per heavy atom. The Labute approximate surface area is 174 Å². The van der Waals surface area contributed by atoms with Crippen molar-refractivity contribution in [3.8, 4) is 0 Å². The molecule has 0 unspecified atom stereocenters. The van der Waals surface area contributed by atoms with Gasteiger partial charge in [0.15, 0.2) is 11.5 Å². The van der Waals surface area contributed by atoms with Crippen LogP contribution in [-0.2, 0) is 9.53 Å². The molecule has 3 heterocycles. The van der Waals surface area contributed by atoms with Gasteiger partial charge in [-0.05, 0) is 63.1 Å². The van der Waals surface area contributed by atoms with E-state index in [9.17, 15) is 9.59 Å². The number of carbonyl (C=O) groups excluding carboxylic acids is 2. The minimum atomic E-state index is -0.369. The third-order valence-corrected chi connectivity index (χ3v) is 5.18. The van der Waals surface area contributed by atoms with Crippen LogP contribution in [-0.4, -0.2) is 51.4 Å². The molecule has 4 rings (SSSR count). The van der Waals surface area contributed by atoms with Gasteiger partial charge in [0.25, 0.3) is 0 Å². The van der Waals surface area contributed by atoms with E-state index in [4.69, 9.17) is 4.74 Å². The number of piperidine rings is 1. The quantitative estimate of drug-likeness (QED) is 0.647. The highest BCUT2D eigenvalue weighted by Gasteiger charge is 2.27. The van der Waals surface area contributed by atoms with Gasteiger partial charge >= 0.3 is 5.97 Å². The Bertz CT molecular complexity index is 1060. The number of hydrogen-bond donors (Lipinski definition) is 1. The van der Waals surface area contributed by atoms with E-state index in [0.29, 0.717) is 30.0 Å². The first-order valence-electron chi connectivity index (χ1n) is 10.1. The molecule has 2 aromatic heterocycles. The zero-order valence-electron chi connectivity index (χ0n) is 17.0. The molecule has 0 radical (unpaired) electrons. The van der Waals surface area contributed by atoms with Crippen LogP contribution >= 0.6 is 0 Å². The summed E-state index contributed by atoms with van der Waals surface area (Å²) in [5.74, 6) is 0.977. The van der Waals surface area contributed by atoms with Gasteiger partial charge in [0.05, 0.1) is 18.1 Å². The number of aryl methyl sites for hydroxylation is 1. The van der Waals surface area contributed by atoms with Gasteiger partial charge in [0.2, 0.25) is 5.91 Å². The SMILES string of the molecule is CCOC(=O)c1ccc(NC(=O)[C@@H]2CCCN(c3ccc4nnc(C)n4n3)C2)cc1. The summed E-state index contributed by atoms with van der Waals surface area (Å²) in [5, 5.41) is 15.7. The van der Waals surface area contributed by atoms with E-state index in [2.05, 4.69) is 25.5 Å². The molecule has 1 aliphatic rings. The number of aromatic nitrogens is 4. The van der Waals surface area contributed by atoms with Crippen LogP contribution < -0.4 is 10.2 Å². The zero-order valence-corrected chi connectivity index (χ0v) is 17.0. The monoisotopic (exact) mass is 408 g/mol. The standard InChI is InChI=1S/C21H24N6O3/c1-3-30-21(29)15-6-8-17(9-7-15)22-20(28)16-5-4-12-26(13-16)19-11-10-18-24-23-14(2)27(18)25-19/h6-11,16H,3-5,12-13H2,1-2H3,(H,22,28)/t16-/m1/s1. The van der Waals surface area contributed by atoms with E-state index >= 15 is 0 Å². The van der Waals surface area contributed by atoms with Gasteiger partial charge < -0.3 is 15.0 Å². The zero-order chi connectivity index (χ0) is 21.1. The van der Waals surface area contributed by atoms with Crippen LogP contribution in [0.25, 0.3) is 5.65 Å². The van der Waals surface area contributed by atoms with Crippen molar-refractivity contribution in [2.45, 2.75) is 26.7 Å². The first kappa shape index (κ1) is 19.8. The van der Waals surface area contributed by atoms with E-state index in [1.807, 2.05) is 19.1 Å². The van der Waals surface area contributed by atoms with Gasteiger partial charge in [0, 0.05) is 18.8 Å². The number of anilines is 2. The maximum Gasteiger partial charge on any atom is 0.338 e. The predicted molar refractivity (Wildman–Crippen MR) is 111 cm³/mol. The molecule has 0 aliphatic carbocycles. The number of benzene rings is 1. The van der Waals surface area contributed by atoms with E-state index in [-0.39, 0.29) is 17.8 Å². The topological polar surface area (TPSA) is 102 Å². The van der Waals surface area contributed by atoms with Crippen molar-refractivity contribution in [2.24, 2.45) is 5.92 Å². The van der Waals surface area contributed by atoms with Gasteiger partial charge in [0.1, 0.15) is 5.82 Å². The first-order chi connectivity index (χ1) is 14.5. The molecule has 1 aliphatic heterocycles. The van der Waals surface area contributed by atoms with Crippen LogP contribution in [0.5, 0.6) is 0 Å². The Balaban J connectivity index is 1.41. The lowest BCUT2D eigenvalue weighted by Gasteiger charge is -2.32. The molecule has 1 amide bonds. The van der Waals surface area contributed by atoms with Crippen LogP contribution in [0.2, 0.25) is 0 Å². The summed E-state index contributed by atoms with van der Waals surface area (Å²) in [4.78, 5) is 26.7. The van der Waals surface area contributed by atoms with Gasteiger partial charge in [-0.2, -0.15) is 4.52 Å². The molecule has 1 N–H and O–H groups in total. The van der Waals surface area contributed by atoms with Crippen molar-refractivity contribution in [3.05, 3.63) is 47.8 Å². The second-order valence-electron chi connectivity index (χ2n) is 7.28. The van der Waals surface area contributed by atoms with Crippen LogP contribution in [0.4, 0.5) is 11.5 Å². The van der Waals surface area contributed by atoms with Gasteiger partial charge in [-0.3, -0.25) is 4.79 Å². The molecule has 1 atom stereocenters. The Morgan fingerprint density at radius 2 is 1.97 bits per heavy atom. The number of fused-ring (bicyclic) bond motifs is 1. The minimum Gasteiger partial charge on any atom is -0.462 e. The van der Waals surface area contributed by atoms with Crippen molar-refractivity contribution in [3.63, 3.8) is 0 Å². The number of esters is 1. The first-order valence-corrected chi connectivity index (χ1v) is 10.1. The lowest BCUT2D eigenvalue weighted by molar-refractivity contribution is -0.120. The molecule has 0 bridgehead atoms. The normalized spacial score (nSPS) is 16.5. The lowest BCUT2D eigenvalue weighted by atomic mass is 9.97. The molecule has 1 saturated heterocycles. The van der Waals surface area contributed by atoms with Crippen LogP contribution in [0.3, 0.4) is 0 Å². The highest BCUT2D eigenvalue weighted by molar-refractivity contribution is 5.94. The second kappa shape index (κ2) is 8.48. The Hall–Kier alpha value is -3.49. The average molecular weight is 408 g/mol. The molecule has 1 aromatic carbocycles. The molecule has 0 spiro atoms. The number of rotatable bonds is 5. The maximum absolute atomic E-state index is 12.8. The third kappa shape index (κ3) is 4.10. The summed E-state index contributed by atoms with van der Waals surface area (Å²) in [6.45, 7) is 5.38. The molecule has 9 heteroatoms. The molecule has 30 heavy (non-hydrogen) atoms. The summed E-state index contributed by atoms with van der Waals surface area (Å²) < 4.78 is 6.69. The van der Waals surface area contributed by atoms with Crippen molar-refractivity contribution >= 4 is 29.0 Å². The van der Waals surface area contributed by atoms with E-state index in [1.54, 1.807) is 35.7 Å². The third-order valence-electron chi connectivity index (χ3n) is 5.18. The summed E-state index contributed by atoms with van der Waals surface area (Å²) in [6.07, 6.45) is 1.72. The largest absolute Gasteiger partial charge is 0.462 e. The van der Waals surface area contributed by atoms with Gasteiger partial charge in [-0.25, -0.2) is 4.79 Å². The lowest BCUT2D eigenvalue weighted by Crippen LogP contribution is -2.41. The molecule has 1 fully saturated rings. The maximum atomic E-state index is 12.8. The van der Waals surface area contributed by atoms with E-state index in [0.717, 1.165) is 31.0 Å². The average Bonchev–Trinajstić information content (AvgIpc) is 3.14. The number of hydrogen-bond acceptors (Lipinski definition) is 7. The molecule has 0 saturated carbocycles. The van der Waals surface area contributed by atoms with Crippen molar-refractivity contribution in [1.82, 2.24) is 19.8 Å². The molecule has 3 aromatic rings. The fraction of sp³-hybridized carbons (Fsp3) is 0.381. The second-order valence-corrected chi connectivity index (χ2v) is 7.28. The van der Waals surface area contributed by atoms with Crippen molar-refractivity contribution in [2.75, 3.05) is 29.9 Å². The number of ether oxygens (including phenoxy) is 1. The van der Waals surface area contributed by atoms with E-state index in [1.165, 1.54) is 0 Å². The Morgan fingerprint density at radius 3 is 2.73 bits per heavy atom. The molecule has 9 nitrogen and oxygen atoms in total. The van der Waals surface area contributed by atoms with Crippen molar-refractivity contribution < 1.29 is 14.3 Å². The van der Waals surface area contributed by atoms with E-state index < -0.39 is 0 Å². The van der Waals surface area contributed by atoms with Crippen LogP contribution in [0.15, 0.2) is 36.4 Å². The molecular weight excluding hydrogens is 384 g/mol. The Kier molecular flexibility index (Phi) is 5.60. The summed E-state index contributed by atoms with van der Waals surface area (Å²) in [7, 11) is 0. The fourth-order valence-electron chi connectivity index (χ4n) is 3.60. The number of carbonyl (C=O) groups is 2. The minimum absolute atomic E-state index is 0.0369. The molecule has 156 valence electrons.